The average molecular weight is 300 g/mol. The zero-order chi connectivity index (χ0) is 15.2. The van der Waals surface area contributed by atoms with Crippen molar-refractivity contribution < 1.29 is 4.39 Å². The summed E-state index contributed by atoms with van der Waals surface area (Å²) in [6.45, 7) is 4.90. The normalized spacial score (nSPS) is 10.6. The number of benzene rings is 2. The summed E-state index contributed by atoms with van der Waals surface area (Å²) in [7, 11) is 0. The van der Waals surface area contributed by atoms with Gasteiger partial charge >= 0.3 is 0 Å². The van der Waals surface area contributed by atoms with Gasteiger partial charge in [-0.1, -0.05) is 37.7 Å². The van der Waals surface area contributed by atoms with Crippen molar-refractivity contribution in [1.29, 1.82) is 5.26 Å². The summed E-state index contributed by atoms with van der Waals surface area (Å²) in [5.74, 6) is -0.267. The largest absolute Gasteiger partial charge is 0.310 e. The van der Waals surface area contributed by atoms with Gasteiger partial charge in [-0.3, -0.25) is 0 Å². The van der Waals surface area contributed by atoms with Crippen molar-refractivity contribution in [2.75, 3.05) is 0 Å². The lowest BCUT2D eigenvalue weighted by Gasteiger charge is -2.10. The molecule has 0 fully saturated rings. The molecule has 0 aromatic heterocycles. The smallest absolute Gasteiger partial charge is 0.124 e. The molecule has 108 valence electrons. The fourth-order valence-electron chi connectivity index (χ4n) is 1.84. The number of nitriles is 1. The second kappa shape index (κ2) is 7.26. The van der Waals surface area contributed by atoms with Gasteiger partial charge in [0.15, 0.2) is 0 Å². The lowest BCUT2D eigenvalue weighted by Crippen LogP contribution is -2.21. The molecular weight excluding hydrogens is 283 g/mol. The van der Waals surface area contributed by atoms with E-state index in [0.717, 1.165) is 21.9 Å². The first-order chi connectivity index (χ1) is 10.1. The molecule has 0 saturated carbocycles. The summed E-state index contributed by atoms with van der Waals surface area (Å²) in [6.07, 6.45) is 0. The summed E-state index contributed by atoms with van der Waals surface area (Å²) in [4.78, 5) is 1.64. The van der Waals surface area contributed by atoms with Crippen LogP contribution in [0.1, 0.15) is 25.0 Å². The van der Waals surface area contributed by atoms with E-state index in [4.69, 9.17) is 0 Å². The van der Waals surface area contributed by atoms with Gasteiger partial charge in [-0.05, 0) is 35.9 Å². The van der Waals surface area contributed by atoms with Crippen molar-refractivity contribution in [3.05, 3.63) is 59.4 Å². The van der Waals surface area contributed by atoms with E-state index in [1.54, 1.807) is 6.07 Å². The zero-order valence-electron chi connectivity index (χ0n) is 12.1. The molecule has 0 bridgehead atoms. The van der Waals surface area contributed by atoms with Crippen molar-refractivity contribution in [3.8, 4) is 6.07 Å². The maximum Gasteiger partial charge on any atom is 0.124 e. The Kier molecular flexibility index (Phi) is 5.38. The van der Waals surface area contributed by atoms with Gasteiger partial charge in [0.1, 0.15) is 11.9 Å². The van der Waals surface area contributed by atoms with E-state index in [1.807, 2.05) is 24.3 Å². The molecule has 0 amide bonds. The Labute approximate surface area is 129 Å². The van der Waals surface area contributed by atoms with Crippen LogP contribution in [-0.4, -0.2) is 6.04 Å². The highest BCUT2D eigenvalue weighted by Crippen LogP contribution is 2.31. The molecule has 0 atom stereocenters. The fourth-order valence-corrected chi connectivity index (χ4v) is 2.77. The lowest BCUT2D eigenvalue weighted by atomic mass is 10.1. The van der Waals surface area contributed by atoms with E-state index >= 15 is 0 Å². The Morgan fingerprint density at radius 1 is 1.24 bits per heavy atom. The quantitative estimate of drug-likeness (QED) is 0.892. The summed E-state index contributed by atoms with van der Waals surface area (Å²) >= 11 is 1.40. The van der Waals surface area contributed by atoms with Crippen LogP contribution in [0.5, 0.6) is 0 Å². The van der Waals surface area contributed by atoms with Gasteiger partial charge in [-0.25, -0.2) is 4.39 Å². The highest BCUT2D eigenvalue weighted by Gasteiger charge is 2.07. The maximum absolute atomic E-state index is 13.2. The summed E-state index contributed by atoms with van der Waals surface area (Å²) in [5.41, 5.74) is 1.69. The Morgan fingerprint density at radius 3 is 2.71 bits per heavy atom. The van der Waals surface area contributed by atoms with E-state index in [1.165, 1.54) is 23.9 Å². The van der Waals surface area contributed by atoms with Crippen LogP contribution in [0.15, 0.2) is 52.3 Å². The number of halogens is 1. The third-order valence-corrected chi connectivity index (χ3v) is 3.97. The monoisotopic (exact) mass is 300 g/mol. The molecule has 0 aliphatic rings. The van der Waals surface area contributed by atoms with Crippen molar-refractivity contribution >= 4 is 11.8 Å². The van der Waals surface area contributed by atoms with Gasteiger partial charge in [0.2, 0.25) is 0 Å². The molecule has 4 heteroatoms. The molecule has 0 saturated heterocycles. The molecule has 2 aromatic carbocycles. The fraction of sp³-hybridized carbons (Fsp3) is 0.235. The molecule has 0 unspecified atom stereocenters. The van der Waals surface area contributed by atoms with Crippen LogP contribution in [0.25, 0.3) is 0 Å². The van der Waals surface area contributed by atoms with E-state index in [-0.39, 0.29) is 5.82 Å². The van der Waals surface area contributed by atoms with Crippen molar-refractivity contribution in [2.45, 2.75) is 36.2 Å². The van der Waals surface area contributed by atoms with Gasteiger partial charge in [-0.15, -0.1) is 0 Å². The molecule has 0 aliphatic heterocycles. The zero-order valence-corrected chi connectivity index (χ0v) is 12.9. The van der Waals surface area contributed by atoms with Gasteiger partial charge in [-0.2, -0.15) is 5.26 Å². The Hall–Kier alpha value is -1.83. The highest BCUT2D eigenvalue weighted by atomic mass is 32.2. The SMILES string of the molecule is CC(C)NCc1ccc(Sc2cccc(F)c2)c(C#N)c1. The van der Waals surface area contributed by atoms with Crippen LogP contribution in [0.3, 0.4) is 0 Å². The first-order valence-corrected chi connectivity index (χ1v) is 7.60. The molecule has 0 radical (unpaired) electrons. The number of hydrogen-bond donors (Lipinski definition) is 1. The summed E-state index contributed by atoms with van der Waals surface area (Å²) in [5, 5.41) is 12.6. The predicted molar refractivity (Wildman–Crippen MR) is 83.7 cm³/mol. The molecule has 0 heterocycles. The molecule has 0 spiro atoms. The van der Waals surface area contributed by atoms with Gasteiger partial charge in [0.05, 0.1) is 5.56 Å². The number of hydrogen-bond acceptors (Lipinski definition) is 3. The minimum Gasteiger partial charge on any atom is -0.310 e. The van der Waals surface area contributed by atoms with E-state index in [0.29, 0.717) is 11.6 Å². The molecule has 2 nitrogen and oxygen atoms in total. The summed E-state index contributed by atoms with van der Waals surface area (Å²) in [6, 6.07) is 14.8. The Morgan fingerprint density at radius 2 is 2.05 bits per heavy atom. The van der Waals surface area contributed by atoms with Crippen LogP contribution in [0.4, 0.5) is 4.39 Å². The second-order valence-electron chi connectivity index (χ2n) is 5.04. The van der Waals surface area contributed by atoms with E-state index < -0.39 is 0 Å². The third kappa shape index (κ3) is 4.59. The number of rotatable bonds is 5. The van der Waals surface area contributed by atoms with Crippen LogP contribution < -0.4 is 5.32 Å². The molecular formula is C17H17FN2S. The van der Waals surface area contributed by atoms with Gasteiger partial charge < -0.3 is 5.32 Å². The lowest BCUT2D eigenvalue weighted by molar-refractivity contribution is 0.588. The number of nitrogens with zero attached hydrogens (tertiary/aromatic N) is 1. The minimum atomic E-state index is -0.267. The maximum atomic E-state index is 13.2. The van der Waals surface area contributed by atoms with Crippen molar-refractivity contribution in [3.63, 3.8) is 0 Å². The first-order valence-electron chi connectivity index (χ1n) is 6.78. The van der Waals surface area contributed by atoms with Gasteiger partial charge in [0, 0.05) is 22.4 Å². The second-order valence-corrected chi connectivity index (χ2v) is 6.15. The molecule has 0 aliphatic carbocycles. The molecule has 2 aromatic rings. The molecule has 21 heavy (non-hydrogen) atoms. The van der Waals surface area contributed by atoms with E-state index in [2.05, 4.69) is 25.2 Å². The van der Waals surface area contributed by atoms with Crippen molar-refractivity contribution in [2.24, 2.45) is 0 Å². The minimum absolute atomic E-state index is 0.267. The van der Waals surface area contributed by atoms with Crippen LogP contribution in [-0.2, 0) is 6.54 Å². The third-order valence-electron chi connectivity index (χ3n) is 2.90. The molecule has 1 N–H and O–H groups in total. The first kappa shape index (κ1) is 15.6. The number of nitrogens with one attached hydrogen (secondary N) is 1. The highest BCUT2D eigenvalue weighted by molar-refractivity contribution is 7.99. The van der Waals surface area contributed by atoms with Crippen LogP contribution >= 0.6 is 11.8 Å². The van der Waals surface area contributed by atoms with E-state index in [9.17, 15) is 9.65 Å². The van der Waals surface area contributed by atoms with Crippen LogP contribution in [0.2, 0.25) is 0 Å². The van der Waals surface area contributed by atoms with Crippen molar-refractivity contribution in [1.82, 2.24) is 5.32 Å². The average Bonchev–Trinajstić information content (AvgIpc) is 2.46. The Bertz CT molecular complexity index is 662. The summed E-state index contributed by atoms with van der Waals surface area (Å²) < 4.78 is 13.2. The molecule has 2 rings (SSSR count). The van der Waals surface area contributed by atoms with Gasteiger partial charge in [0.25, 0.3) is 0 Å². The topological polar surface area (TPSA) is 35.8 Å². The predicted octanol–water partition coefficient (Wildman–Crippen LogP) is 4.35. The standard InChI is InChI=1S/C17H17FN2S/c1-12(2)20-11-13-6-7-17(14(8-13)10-19)21-16-5-3-4-15(18)9-16/h3-9,12,20H,11H2,1-2H3. The van der Waals surface area contributed by atoms with Crippen LogP contribution in [0, 0.1) is 17.1 Å². The Balaban J connectivity index is 2.18.